The molecule has 1 saturated heterocycles. The van der Waals surface area contributed by atoms with Gasteiger partial charge in [-0.3, -0.25) is 14.8 Å². The molecule has 2 aliphatic heterocycles. The average Bonchev–Trinajstić information content (AvgIpc) is 3.96. The quantitative estimate of drug-likeness (QED) is 0.171. The van der Waals surface area contributed by atoms with E-state index in [4.69, 9.17) is 19.1 Å². The fraction of sp³-hybridized carbons (Fsp3) is 0.289. The number of fused-ring (bicyclic) bond motifs is 5. The third-order valence-electron chi connectivity index (χ3n) is 10.1. The Balaban J connectivity index is 1.20. The third kappa shape index (κ3) is 4.95. The third-order valence-corrected chi connectivity index (χ3v) is 11.3. The molecule has 9 rings (SSSR count). The zero-order valence-corrected chi connectivity index (χ0v) is 28.2. The van der Waals surface area contributed by atoms with E-state index in [0.29, 0.717) is 54.5 Å². The van der Waals surface area contributed by atoms with Crippen LogP contribution in [0.1, 0.15) is 75.7 Å². The first-order valence-corrected chi connectivity index (χ1v) is 17.6. The summed E-state index contributed by atoms with van der Waals surface area (Å²) in [7, 11) is 1.50. The second kappa shape index (κ2) is 12.0. The Hall–Kier alpha value is -5.23. The van der Waals surface area contributed by atoms with E-state index in [1.54, 1.807) is 36.6 Å². The first kappa shape index (κ1) is 30.8. The molecular formula is C38H32F2N6O3S. The molecule has 0 bridgehead atoms. The van der Waals surface area contributed by atoms with Gasteiger partial charge in [-0.25, -0.2) is 8.78 Å². The molecule has 1 aliphatic carbocycles. The van der Waals surface area contributed by atoms with Gasteiger partial charge in [0, 0.05) is 35.7 Å². The minimum absolute atomic E-state index is 0.0374. The van der Waals surface area contributed by atoms with Crippen molar-refractivity contribution in [2.24, 2.45) is 0 Å². The number of carbonyl (C=O) groups is 1. The van der Waals surface area contributed by atoms with Gasteiger partial charge in [-0.05, 0) is 80.0 Å². The molecule has 2 atom stereocenters. The number of nitrogens with one attached hydrogen (secondary N) is 1. The van der Waals surface area contributed by atoms with Crippen LogP contribution in [-0.2, 0) is 19.3 Å². The summed E-state index contributed by atoms with van der Waals surface area (Å²) in [5.41, 5.74) is 8.03. The molecule has 2 unspecified atom stereocenters. The predicted octanol–water partition coefficient (Wildman–Crippen LogP) is 8.18. The molecule has 4 aromatic heterocycles. The van der Waals surface area contributed by atoms with E-state index in [2.05, 4.69) is 15.5 Å². The summed E-state index contributed by atoms with van der Waals surface area (Å²) in [6, 6.07) is 13.6. The van der Waals surface area contributed by atoms with Crippen LogP contribution in [0.25, 0.3) is 32.1 Å². The van der Waals surface area contributed by atoms with E-state index in [9.17, 15) is 13.6 Å². The highest BCUT2D eigenvalue weighted by molar-refractivity contribution is 7.22. The molecule has 0 radical (unpaired) electrons. The number of amides is 1. The number of nitrogens with zero attached hydrogens (tertiary/aromatic N) is 5. The number of pyridine rings is 2. The van der Waals surface area contributed by atoms with Crippen molar-refractivity contribution in [2.75, 3.05) is 19.0 Å². The Kier molecular flexibility index (Phi) is 7.38. The van der Waals surface area contributed by atoms with E-state index in [0.717, 1.165) is 73.7 Å². The minimum atomic E-state index is -0.356. The second-order valence-electron chi connectivity index (χ2n) is 13.0. The Labute approximate surface area is 290 Å². The topological polar surface area (TPSA) is 106 Å². The normalized spacial score (nSPS) is 17.8. The van der Waals surface area contributed by atoms with Crippen LogP contribution in [-0.4, -0.2) is 44.6 Å². The molecule has 0 saturated carbocycles. The van der Waals surface area contributed by atoms with Crippen molar-refractivity contribution in [1.29, 1.82) is 0 Å². The first-order valence-electron chi connectivity index (χ1n) is 16.8. The molecule has 3 aliphatic rings. The lowest BCUT2D eigenvalue weighted by atomic mass is 9.93. The summed E-state index contributed by atoms with van der Waals surface area (Å²) in [5, 5.41) is 12.3. The number of benzene rings is 2. The van der Waals surface area contributed by atoms with Gasteiger partial charge < -0.3 is 19.4 Å². The molecule has 12 heteroatoms. The van der Waals surface area contributed by atoms with Crippen molar-refractivity contribution < 1.29 is 22.7 Å². The van der Waals surface area contributed by atoms with Crippen LogP contribution in [0.3, 0.4) is 0 Å². The number of aromatic nitrogens is 4. The van der Waals surface area contributed by atoms with Gasteiger partial charge in [0.25, 0.3) is 5.91 Å². The highest BCUT2D eigenvalue weighted by Gasteiger charge is 2.45. The lowest BCUT2D eigenvalue weighted by molar-refractivity contribution is 0.0776. The maximum absolute atomic E-state index is 14.5. The molecule has 6 heterocycles. The Morgan fingerprint density at radius 2 is 1.90 bits per heavy atom. The van der Waals surface area contributed by atoms with Crippen LogP contribution in [0, 0.1) is 18.6 Å². The lowest BCUT2D eigenvalue weighted by Crippen LogP contribution is -2.22. The zero-order chi connectivity index (χ0) is 34.1. The lowest BCUT2D eigenvalue weighted by Gasteiger charge is -2.17. The number of carbonyl (C=O) groups excluding carboxylic acids is 1. The molecule has 1 amide bonds. The van der Waals surface area contributed by atoms with Gasteiger partial charge in [0.15, 0.2) is 11.6 Å². The van der Waals surface area contributed by atoms with Crippen LogP contribution >= 0.6 is 11.3 Å². The largest absolute Gasteiger partial charge is 0.493 e. The first-order chi connectivity index (χ1) is 24.4. The van der Waals surface area contributed by atoms with Crippen LogP contribution in [0.15, 0.2) is 59.1 Å². The number of hydrogen-bond acceptors (Lipinski definition) is 9. The van der Waals surface area contributed by atoms with E-state index in [1.165, 1.54) is 25.3 Å². The standard InChI is InChI=1S/C38H32F2N6O3S/c1-19-44-45-37(49-19)31-26(13-7-20-5-8-21(39)9-6-20)43-34-29-4-3-17-46(29)38(47)33(34)32(31)30-18-28-36(50-30)27(15-16-41-28)42-25-14-11-23-22(25)10-12-24(40)35(23)48-2/h5-6,8-10,12,15-16,18,25,29H,3-4,7,11,13-14,17H2,1-2H3,(H,41,42). The molecule has 0 spiro atoms. The Morgan fingerprint density at radius 3 is 2.70 bits per heavy atom. The number of anilines is 1. The number of thiophene rings is 1. The maximum Gasteiger partial charge on any atom is 0.257 e. The molecule has 1 N–H and O–H groups in total. The van der Waals surface area contributed by atoms with Crippen molar-refractivity contribution in [3.05, 3.63) is 106 Å². The fourth-order valence-electron chi connectivity index (χ4n) is 7.90. The van der Waals surface area contributed by atoms with Crippen LogP contribution in [0.5, 0.6) is 5.75 Å². The van der Waals surface area contributed by atoms with Crippen molar-refractivity contribution in [2.45, 2.75) is 57.5 Å². The summed E-state index contributed by atoms with van der Waals surface area (Å²) in [5.74, 6) is 0.327. The van der Waals surface area contributed by atoms with Gasteiger partial charge in [0.05, 0.1) is 57.6 Å². The molecule has 9 nitrogen and oxygen atoms in total. The van der Waals surface area contributed by atoms with Crippen LogP contribution in [0.2, 0.25) is 0 Å². The SMILES string of the molecule is COc1c(F)ccc2c1CCC2Nc1ccnc2cc(-c3c4c(nc(CCc5ccc(F)cc5)c3-c3nnc(C)o3)C3CCCN3C4=O)sc12. The molecule has 50 heavy (non-hydrogen) atoms. The number of halogens is 2. The van der Waals surface area contributed by atoms with Gasteiger partial charge in [-0.1, -0.05) is 18.2 Å². The Morgan fingerprint density at radius 1 is 1.04 bits per heavy atom. The van der Waals surface area contributed by atoms with E-state index in [1.807, 2.05) is 23.1 Å². The molecule has 6 aromatic rings. The summed E-state index contributed by atoms with van der Waals surface area (Å²) in [4.78, 5) is 26.9. The number of methoxy groups -OCH3 is 1. The van der Waals surface area contributed by atoms with Gasteiger partial charge in [-0.15, -0.1) is 21.5 Å². The van der Waals surface area contributed by atoms with Crippen molar-refractivity contribution in [3.8, 4) is 27.6 Å². The second-order valence-corrected chi connectivity index (χ2v) is 14.1. The monoisotopic (exact) mass is 690 g/mol. The average molecular weight is 691 g/mol. The molecule has 252 valence electrons. The maximum atomic E-state index is 14.5. The number of rotatable bonds is 8. The van der Waals surface area contributed by atoms with E-state index in [-0.39, 0.29) is 29.6 Å². The predicted molar refractivity (Wildman–Crippen MR) is 185 cm³/mol. The number of ether oxygens (including phenoxy) is 1. The van der Waals surface area contributed by atoms with Gasteiger partial charge in [-0.2, -0.15) is 0 Å². The minimum Gasteiger partial charge on any atom is -0.493 e. The zero-order valence-electron chi connectivity index (χ0n) is 27.4. The van der Waals surface area contributed by atoms with Crippen LogP contribution in [0.4, 0.5) is 14.5 Å². The van der Waals surface area contributed by atoms with Crippen molar-refractivity contribution >= 4 is 33.1 Å². The van der Waals surface area contributed by atoms with Gasteiger partial charge in [0.2, 0.25) is 11.8 Å². The van der Waals surface area contributed by atoms with E-state index < -0.39 is 0 Å². The summed E-state index contributed by atoms with van der Waals surface area (Å²) in [6.07, 6.45) is 6.16. The summed E-state index contributed by atoms with van der Waals surface area (Å²) >= 11 is 1.55. The van der Waals surface area contributed by atoms with Crippen molar-refractivity contribution in [3.63, 3.8) is 0 Å². The van der Waals surface area contributed by atoms with Crippen molar-refractivity contribution in [1.82, 2.24) is 25.1 Å². The smallest absolute Gasteiger partial charge is 0.257 e. The fourth-order valence-corrected chi connectivity index (χ4v) is 9.04. The highest BCUT2D eigenvalue weighted by Crippen LogP contribution is 2.51. The number of aryl methyl sites for hydroxylation is 3. The highest BCUT2D eigenvalue weighted by atomic mass is 32.1. The van der Waals surface area contributed by atoms with Gasteiger partial charge in [0.1, 0.15) is 5.82 Å². The summed E-state index contributed by atoms with van der Waals surface area (Å²) < 4.78 is 40.6. The molecule has 1 fully saturated rings. The summed E-state index contributed by atoms with van der Waals surface area (Å²) in [6.45, 7) is 2.42. The van der Waals surface area contributed by atoms with Crippen LogP contribution < -0.4 is 10.1 Å². The van der Waals surface area contributed by atoms with Gasteiger partial charge >= 0.3 is 0 Å². The number of hydrogen-bond donors (Lipinski definition) is 1. The molecule has 2 aromatic carbocycles. The molecular weight excluding hydrogens is 659 g/mol. The van der Waals surface area contributed by atoms with E-state index >= 15 is 0 Å². The Bertz CT molecular complexity index is 2320.